The number of H-pyrrole nitrogens is 1. The number of aromatic amines is 1. The molecule has 0 aliphatic carbocycles. The number of amides is 1. The third kappa shape index (κ3) is 4.94. The van der Waals surface area contributed by atoms with Crippen LogP contribution in [0.1, 0.15) is 55.6 Å². The van der Waals surface area contributed by atoms with Crippen molar-refractivity contribution in [3.63, 3.8) is 0 Å². The Labute approximate surface area is 161 Å². The molecule has 1 amide bonds. The Bertz CT molecular complexity index is 769. The molecule has 0 radical (unpaired) electrons. The van der Waals surface area contributed by atoms with E-state index >= 15 is 0 Å². The van der Waals surface area contributed by atoms with Gasteiger partial charge in [0.15, 0.2) is 5.82 Å². The molecule has 1 heterocycles. The Kier molecular flexibility index (Phi) is 7.38. The van der Waals surface area contributed by atoms with Gasteiger partial charge in [-0.15, -0.1) is 0 Å². The van der Waals surface area contributed by atoms with Crippen LogP contribution in [0.2, 0.25) is 0 Å². The molecule has 5 nitrogen and oxygen atoms in total. The second kappa shape index (κ2) is 9.52. The van der Waals surface area contributed by atoms with E-state index in [9.17, 15) is 9.18 Å². The van der Waals surface area contributed by atoms with Gasteiger partial charge in [-0.3, -0.25) is 9.89 Å². The molecule has 0 unspecified atom stereocenters. The quantitative estimate of drug-likeness (QED) is 0.526. The van der Waals surface area contributed by atoms with Crippen LogP contribution in [0.3, 0.4) is 0 Å². The summed E-state index contributed by atoms with van der Waals surface area (Å²) in [4.78, 5) is 12.5. The van der Waals surface area contributed by atoms with Gasteiger partial charge in [0.05, 0.1) is 4.47 Å². The van der Waals surface area contributed by atoms with Crippen LogP contribution in [0.25, 0.3) is 5.70 Å². The van der Waals surface area contributed by atoms with Crippen LogP contribution in [0.5, 0.6) is 0 Å². The van der Waals surface area contributed by atoms with E-state index in [1.54, 1.807) is 18.2 Å². The fourth-order valence-corrected chi connectivity index (χ4v) is 3.18. The van der Waals surface area contributed by atoms with Gasteiger partial charge in [0.2, 0.25) is 0 Å². The monoisotopic (exact) mass is 422 g/mol. The van der Waals surface area contributed by atoms with Crippen LogP contribution in [-0.4, -0.2) is 22.1 Å². The number of carbonyl (C=O) groups is 1. The molecule has 140 valence electrons. The second-order valence-electron chi connectivity index (χ2n) is 6.09. The number of hydrogen-bond donors (Lipinski definition) is 3. The van der Waals surface area contributed by atoms with E-state index in [4.69, 9.17) is 0 Å². The van der Waals surface area contributed by atoms with Gasteiger partial charge in [0.1, 0.15) is 11.5 Å². The third-order valence-electron chi connectivity index (χ3n) is 4.01. The smallest absolute Gasteiger partial charge is 0.270 e. The molecular weight excluding hydrogens is 399 g/mol. The number of carbonyl (C=O) groups excluding carboxylic acids is 1. The molecule has 0 bridgehead atoms. The predicted molar refractivity (Wildman–Crippen MR) is 106 cm³/mol. The number of benzene rings is 1. The van der Waals surface area contributed by atoms with Crippen molar-refractivity contribution < 1.29 is 9.18 Å². The zero-order valence-corrected chi connectivity index (χ0v) is 16.6. The lowest BCUT2D eigenvalue weighted by atomic mass is 10.1. The van der Waals surface area contributed by atoms with E-state index in [1.807, 2.05) is 0 Å². The van der Waals surface area contributed by atoms with Crippen molar-refractivity contribution in [2.75, 3.05) is 5.32 Å². The maximum absolute atomic E-state index is 13.9. The molecule has 0 atom stereocenters. The molecule has 0 aliphatic rings. The zero-order chi connectivity index (χ0) is 19.1. The van der Waals surface area contributed by atoms with E-state index in [-0.39, 0.29) is 17.8 Å². The molecule has 7 heteroatoms. The summed E-state index contributed by atoms with van der Waals surface area (Å²) in [5, 5.41) is 12.8. The summed E-state index contributed by atoms with van der Waals surface area (Å²) >= 11 is 3.39. The maximum Gasteiger partial charge on any atom is 0.270 e. The van der Waals surface area contributed by atoms with Gasteiger partial charge in [-0.1, -0.05) is 45.4 Å². The maximum atomic E-state index is 13.9. The van der Waals surface area contributed by atoms with Crippen LogP contribution in [-0.2, 0) is 0 Å². The number of rotatable bonds is 9. The highest BCUT2D eigenvalue weighted by molar-refractivity contribution is 9.10. The van der Waals surface area contributed by atoms with Crippen LogP contribution in [0, 0.1) is 5.82 Å². The second-order valence-corrected chi connectivity index (χ2v) is 6.89. The summed E-state index contributed by atoms with van der Waals surface area (Å²) < 4.78 is 14.3. The highest BCUT2D eigenvalue weighted by Crippen LogP contribution is 2.27. The Morgan fingerprint density at radius 1 is 1.31 bits per heavy atom. The van der Waals surface area contributed by atoms with Gasteiger partial charge < -0.3 is 10.6 Å². The van der Waals surface area contributed by atoms with Gasteiger partial charge in [0, 0.05) is 17.3 Å². The lowest BCUT2D eigenvalue weighted by Crippen LogP contribution is -2.35. The lowest BCUT2D eigenvalue weighted by molar-refractivity contribution is 0.0926. The van der Waals surface area contributed by atoms with Crippen molar-refractivity contribution in [1.82, 2.24) is 15.5 Å². The minimum absolute atomic E-state index is 0.137. The fourth-order valence-electron chi connectivity index (χ4n) is 2.72. The van der Waals surface area contributed by atoms with E-state index in [2.05, 4.69) is 57.2 Å². The van der Waals surface area contributed by atoms with Crippen LogP contribution in [0.4, 0.5) is 10.2 Å². The Hall–Kier alpha value is -2.15. The van der Waals surface area contributed by atoms with Gasteiger partial charge in [-0.2, -0.15) is 5.10 Å². The summed E-state index contributed by atoms with van der Waals surface area (Å²) in [5.74, 6) is -0.219. The summed E-state index contributed by atoms with van der Waals surface area (Å²) in [6.07, 6.45) is 3.87. The molecule has 0 fully saturated rings. The minimum atomic E-state index is -0.378. The third-order valence-corrected chi connectivity index (χ3v) is 4.78. The highest BCUT2D eigenvalue weighted by Gasteiger charge is 2.20. The van der Waals surface area contributed by atoms with E-state index in [0.717, 1.165) is 25.7 Å². The highest BCUT2D eigenvalue weighted by atomic mass is 79.9. The van der Waals surface area contributed by atoms with Crippen molar-refractivity contribution in [2.45, 2.75) is 45.6 Å². The van der Waals surface area contributed by atoms with Gasteiger partial charge in [0.25, 0.3) is 5.91 Å². The number of nitrogens with zero attached hydrogens (tertiary/aromatic N) is 1. The first-order chi connectivity index (χ1) is 12.5. The Morgan fingerprint density at radius 2 is 1.96 bits per heavy atom. The molecule has 3 N–H and O–H groups in total. The molecule has 0 saturated carbocycles. The molecule has 0 aliphatic heterocycles. The first kappa shape index (κ1) is 20.2. The Balaban J connectivity index is 2.10. The number of halogens is 2. The average molecular weight is 423 g/mol. The SMILES string of the molecule is C=C(Nc1n[nH]c(C(=O)NC(CCC)CCC)c1Br)c1ccccc1F. The average Bonchev–Trinajstić information content (AvgIpc) is 2.96. The number of aromatic nitrogens is 2. The van der Waals surface area contributed by atoms with Crippen molar-refractivity contribution >= 4 is 33.4 Å². The van der Waals surface area contributed by atoms with Crippen LogP contribution in [0.15, 0.2) is 35.3 Å². The van der Waals surface area contributed by atoms with Gasteiger partial charge in [-0.25, -0.2) is 4.39 Å². The first-order valence-electron chi connectivity index (χ1n) is 8.73. The van der Waals surface area contributed by atoms with Crippen LogP contribution >= 0.6 is 15.9 Å². The molecule has 1 aromatic carbocycles. The van der Waals surface area contributed by atoms with Gasteiger partial charge in [-0.05, 0) is 40.9 Å². The van der Waals surface area contributed by atoms with Crippen molar-refractivity contribution in [3.8, 4) is 0 Å². The van der Waals surface area contributed by atoms with Crippen molar-refractivity contribution in [1.29, 1.82) is 0 Å². The summed E-state index contributed by atoms with van der Waals surface area (Å²) in [5.41, 5.74) is 1.03. The molecule has 0 saturated heterocycles. The van der Waals surface area contributed by atoms with E-state index in [1.165, 1.54) is 6.07 Å². The summed E-state index contributed by atoms with van der Waals surface area (Å²) in [6.45, 7) is 8.04. The summed E-state index contributed by atoms with van der Waals surface area (Å²) in [7, 11) is 0. The largest absolute Gasteiger partial charge is 0.348 e. The van der Waals surface area contributed by atoms with Gasteiger partial charge >= 0.3 is 0 Å². The number of nitrogens with one attached hydrogen (secondary N) is 3. The van der Waals surface area contributed by atoms with E-state index in [0.29, 0.717) is 27.2 Å². The van der Waals surface area contributed by atoms with E-state index < -0.39 is 0 Å². The molecule has 2 rings (SSSR count). The molecule has 0 spiro atoms. The normalized spacial score (nSPS) is 10.8. The number of hydrogen-bond acceptors (Lipinski definition) is 3. The number of anilines is 1. The molecule has 1 aromatic heterocycles. The molecule has 26 heavy (non-hydrogen) atoms. The topological polar surface area (TPSA) is 69.8 Å². The molecular formula is C19H24BrFN4O. The fraction of sp³-hybridized carbons (Fsp3) is 0.368. The van der Waals surface area contributed by atoms with Crippen molar-refractivity contribution in [3.05, 3.63) is 52.4 Å². The first-order valence-corrected chi connectivity index (χ1v) is 9.52. The predicted octanol–water partition coefficient (Wildman–Crippen LogP) is 5.09. The standard InChI is InChI=1S/C19H24BrFN4O/c1-4-8-13(9-5-2)23-19(26)17-16(20)18(25-24-17)22-12(3)14-10-6-7-11-15(14)21/h6-7,10-11,13H,3-5,8-9H2,1-2H3,(H,23,26)(H2,22,24,25). The molecule has 2 aromatic rings. The van der Waals surface area contributed by atoms with Crippen molar-refractivity contribution in [2.24, 2.45) is 0 Å². The minimum Gasteiger partial charge on any atom is -0.348 e. The zero-order valence-electron chi connectivity index (χ0n) is 15.0. The summed E-state index contributed by atoms with van der Waals surface area (Å²) in [6, 6.07) is 6.46. The van der Waals surface area contributed by atoms with Crippen LogP contribution < -0.4 is 10.6 Å². The Morgan fingerprint density at radius 3 is 2.58 bits per heavy atom. The lowest BCUT2D eigenvalue weighted by Gasteiger charge is -2.16.